The molecule has 0 N–H and O–H groups in total. The molecule has 1 aliphatic heterocycles. The second-order valence-corrected chi connectivity index (χ2v) is 5.63. The number of nitriles is 1. The van der Waals surface area contributed by atoms with Gasteiger partial charge in [0.2, 0.25) is 0 Å². The van der Waals surface area contributed by atoms with Gasteiger partial charge in [0.05, 0.1) is 12.6 Å². The average molecular weight is 311 g/mol. The molecule has 0 saturated carbocycles. The van der Waals surface area contributed by atoms with Crippen LogP contribution in [-0.2, 0) is 24.3 Å². The standard InChI is InChI=1S/C16H17N5O2/c17-10-12(13(22)11-20-8-5-3-7-15(20)23)16-19-18-14-6-2-1-4-9-21(14)16/h3,5,7-8,12H,1-2,4,6,9,11H2. The minimum absolute atomic E-state index is 0.139. The highest BCUT2D eigenvalue weighted by Gasteiger charge is 2.28. The van der Waals surface area contributed by atoms with Crippen LogP contribution in [0, 0.1) is 11.3 Å². The van der Waals surface area contributed by atoms with Gasteiger partial charge in [-0.25, -0.2) is 0 Å². The summed E-state index contributed by atoms with van der Waals surface area (Å²) >= 11 is 0. The lowest BCUT2D eigenvalue weighted by molar-refractivity contribution is -0.120. The Labute approximate surface area is 133 Å². The van der Waals surface area contributed by atoms with Gasteiger partial charge in [0.1, 0.15) is 5.82 Å². The molecule has 0 aliphatic carbocycles. The Kier molecular flexibility index (Phi) is 4.33. The van der Waals surface area contributed by atoms with Crippen molar-refractivity contribution < 1.29 is 4.79 Å². The van der Waals surface area contributed by atoms with Crippen molar-refractivity contribution in [2.75, 3.05) is 0 Å². The maximum atomic E-state index is 12.5. The van der Waals surface area contributed by atoms with Crippen LogP contribution in [0.15, 0.2) is 29.2 Å². The van der Waals surface area contributed by atoms with Crippen LogP contribution in [0.5, 0.6) is 0 Å². The summed E-state index contributed by atoms with van der Waals surface area (Å²) in [7, 11) is 0. The van der Waals surface area contributed by atoms with Crippen molar-refractivity contribution in [3.63, 3.8) is 0 Å². The molecule has 0 spiro atoms. The fraction of sp³-hybridized carbons (Fsp3) is 0.438. The zero-order valence-electron chi connectivity index (χ0n) is 12.7. The van der Waals surface area contributed by atoms with E-state index in [9.17, 15) is 14.9 Å². The van der Waals surface area contributed by atoms with Crippen LogP contribution in [0.1, 0.15) is 36.8 Å². The van der Waals surface area contributed by atoms with E-state index in [0.29, 0.717) is 5.82 Å². The summed E-state index contributed by atoms with van der Waals surface area (Å²) in [6.45, 7) is 0.592. The second kappa shape index (κ2) is 6.57. The fourth-order valence-corrected chi connectivity index (χ4v) is 2.85. The van der Waals surface area contributed by atoms with E-state index in [2.05, 4.69) is 10.2 Å². The Hall–Kier alpha value is -2.75. The molecule has 0 bridgehead atoms. The summed E-state index contributed by atoms with van der Waals surface area (Å²) in [6.07, 6.45) is 5.50. The minimum Gasteiger partial charge on any atom is -0.313 e. The van der Waals surface area contributed by atoms with Crippen LogP contribution in [0.4, 0.5) is 0 Å². The van der Waals surface area contributed by atoms with Gasteiger partial charge in [-0.05, 0) is 18.9 Å². The quantitative estimate of drug-likeness (QED) is 0.841. The van der Waals surface area contributed by atoms with Crippen molar-refractivity contribution in [1.82, 2.24) is 19.3 Å². The molecule has 1 unspecified atom stereocenters. The number of aromatic nitrogens is 4. The molecule has 3 heterocycles. The van der Waals surface area contributed by atoms with Crippen molar-refractivity contribution in [3.8, 4) is 6.07 Å². The van der Waals surface area contributed by atoms with E-state index < -0.39 is 5.92 Å². The van der Waals surface area contributed by atoms with Gasteiger partial charge in [-0.1, -0.05) is 12.5 Å². The molecule has 7 nitrogen and oxygen atoms in total. The van der Waals surface area contributed by atoms with Crippen LogP contribution in [0.3, 0.4) is 0 Å². The van der Waals surface area contributed by atoms with E-state index >= 15 is 0 Å². The molecule has 1 aliphatic rings. The number of aryl methyl sites for hydroxylation is 1. The van der Waals surface area contributed by atoms with E-state index in [1.807, 2.05) is 10.6 Å². The highest BCUT2D eigenvalue weighted by Crippen LogP contribution is 2.21. The first-order valence-electron chi connectivity index (χ1n) is 7.70. The molecular weight excluding hydrogens is 294 g/mol. The molecule has 7 heteroatoms. The first kappa shape index (κ1) is 15.2. The van der Waals surface area contributed by atoms with Gasteiger partial charge in [0.25, 0.3) is 5.56 Å². The van der Waals surface area contributed by atoms with E-state index in [-0.39, 0.29) is 17.9 Å². The monoisotopic (exact) mass is 311 g/mol. The largest absolute Gasteiger partial charge is 0.313 e. The van der Waals surface area contributed by atoms with Gasteiger partial charge in [0, 0.05) is 25.2 Å². The first-order chi connectivity index (χ1) is 11.2. The highest BCUT2D eigenvalue weighted by molar-refractivity contribution is 5.87. The number of ketones is 1. The molecule has 1 atom stereocenters. The topological polar surface area (TPSA) is 93.6 Å². The molecule has 0 saturated heterocycles. The van der Waals surface area contributed by atoms with Crippen molar-refractivity contribution in [2.45, 2.75) is 44.7 Å². The third kappa shape index (κ3) is 3.06. The number of hydrogen-bond donors (Lipinski definition) is 0. The lowest BCUT2D eigenvalue weighted by Crippen LogP contribution is -2.27. The Morgan fingerprint density at radius 2 is 2.17 bits per heavy atom. The smallest absolute Gasteiger partial charge is 0.250 e. The Morgan fingerprint density at radius 3 is 2.96 bits per heavy atom. The lowest BCUT2D eigenvalue weighted by Gasteiger charge is -2.11. The van der Waals surface area contributed by atoms with Gasteiger partial charge >= 0.3 is 0 Å². The molecule has 2 aromatic rings. The van der Waals surface area contributed by atoms with Crippen molar-refractivity contribution in [1.29, 1.82) is 5.26 Å². The number of rotatable bonds is 4. The van der Waals surface area contributed by atoms with Crippen LogP contribution < -0.4 is 5.56 Å². The van der Waals surface area contributed by atoms with Gasteiger partial charge in [-0.2, -0.15) is 5.26 Å². The average Bonchev–Trinajstić information content (AvgIpc) is 2.79. The molecular formula is C16H17N5O2. The van der Waals surface area contributed by atoms with Crippen LogP contribution >= 0.6 is 0 Å². The van der Waals surface area contributed by atoms with E-state index in [1.165, 1.54) is 10.6 Å². The summed E-state index contributed by atoms with van der Waals surface area (Å²) < 4.78 is 3.19. The molecule has 0 radical (unpaired) electrons. The Bertz CT molecular complexity index is 814. The number of fused-ring (bicyclic) bond motifs is 1. The SMILES string of the molecule is N#CC(C(=O)Cn1ccccc1=O)c1nnc2n1CCCCC2. The lowest BCUT2D eigenvalue weighted by atomic mass is 10.0. The van der Waals surface area contributed by atoms with E-state index in [4.69, 9.17) is 0 Å². The van der Waals surface area contributed by atoms with Gasteiger partial charge in [-0.3, -0.25) is 9.59 Å². The number of carbonyl (C=O) groups excluding carboxylic acids is 1. The predicted molar refractivity (Wildman–Crippen MR) is 81.6 cm³/mol. The Balaban J connectivity index is 1.87. The van der Waals surface area contributed by atoms with E-state index in [1.54, 1.807) is 18.3 Å². The van der Waals surface area contributed by atoms with Crippen LogP contribution in [-0.4, -0.2) is 25.1 Å². The number of carbonyl (C=O) groups is 1. The minimum atomic E-state index is -0.999. The number of pyridine rings is 1. The first-order valence-corrected chi connectivity index (χ1v) is 7.70. The van der Waals surface area contributed by atoms with Crippen LogP contribution in [0.25, 0.3) is 0 Å². The number of Topliss-reactive ketones (excluding diaryl/α,β-unsaturated/α-hetero) is 1. The van der Waals surface area contributed by atoms with Gasteiger partial charge in [-0.15, -0.1) is 10.2 Å². The predicted octanol–water partition coefficient (Wildman–Crippen LogP) is 1.04. The van der Waals surface area contributed by atoms with Gasteiger partial charge < -0.3 is 9.13 Å². The summed E-state index contributed by atoms with van der Waals surface area (Å²) in [5, 5.41) is 17.7. The zero-order valence-corrected chi connectivity index (χ0v) is 12.7. The third-order valence-electron chi connectivity index (χ3n) is 4.07. The summed E-state index contributed by atoms with van der Waals surface area (Å²) in [5.41, 5.74) is -0.266. The number of hydrogen-bond acceptors (Lipinski definition) is 5. The molecule has 0 aromatic carbocycles. The second-order valence-electron chi connectivity index (χ2n) is 5.63. The Morgan fingerprint density at radius 1 is 1.30 bits per heavy atom. The normalized spacial score (nSPS) is 15.3. The molecule has 3 rings (SSSR count). The van der Waals surface area contributed by atoms with E-state index in [0.717, 1.165) is 38.1 Å². The molecule has 2 aromatic heterocycles. The summed E-state index contributed by atoms with van der Waals surface area (Å²) in [5.74, 6) is -0.109. The zero-order chi connectivity index (χ0) is 16.2. The third-order valence-corrected chi connectivity index (χ3v) is 4.07. The number of nitrogens with zero attached hydrogens (tertiary/aromatic N) is 5. The van der Waals surface area contributed by atoms with Crippen LogP contribution in [0.2, 0.25) is 0 Å². The van der Waals surface area contributed by atoms with Crippen molar-refractivity contribution in [3.05, 3.63) is 46.4 Å². The maximum Gasteiger partial charge on any atom is 0.250 e. The molecule has 0 fully saturated rings. The molecule has 23 heavy (non-hydrogen) atoms. The van der Waals surface area contributed by atoms with Crippen molar-refractivity contribution in [2.24, 2.45) is 0 Å². The molecule has 118 valence electrons. The summed E-state index contributed by atoms with van der Waals surface area (Å²) in [6, 6.07) is 6.71. The fourth-order valence-electron chi connectivity index (χ4n) is 2.85. The molecule has 0 amide bonds. The summed E-state index contributed by atoms with van der Waals surface area (Å²) in [4.78, 5) is 24.2. The van der Waals surface area contributed by atoms with Crippen molar-refractivity contribution >= 4 is 5.78 Å². The highest BCUT2D eigenvalue weighted by atomic mass is 16.1. The van der Waals surface area contributed by atoms with Gasteiger partial charge in [0.15, 0.2) is 17.5 Å². The maximum absolute atomic E-state index is 12.5.